The smallest absolute Gasteiger partial charge is 0.0569 e. The highest BCUT2D eigenvalue weighted by atomic mass is 16.3. The van der Waals surface area contributed by atoms with Gasteiger partial charge in [0, 0.05) is 32.2 Å². The average Bonchev–Trinajstić information content (AvgIpc) is 2.65. The van der Waals surface area contributed by atoms with Crippen LogP contribution in [0.5, 0.6) is 0 Å². The van der Waals surface area contributed by atoms with E-state index in [9.17, 15) is 0 Å². The molecule has 3 N–H and O–H groups in total. The molecule has 0 saturated carbocycles. The van der Waals surface area contributed by atoms with Crippen LogP contribution in [0.1, 0.15) is 25.1 Å². The number of β-amino-alcohol motifs (C(OH)–C–C–N with tert-alkyl or cyclic N) is 1. The minimum atomic E-state index is -0.0155. The van der Waals surface area contributed by atoms with Crippen molar-refractivity contribution in [1.82, 2.24) is 9.88 Å². The summed E-state index contributed by atoms with van der Waals surface area (Å²) >= 11 is 0. The van der Waals surface area contributed by atoms with E-state index in [0.717, 1.165) is 50.5 Å². The van der Waals surface area contributed by atoms with Gasteiger partial charge in [-0.3, -0.25) is 9.88 Å². The highest BCUT2D eigenvalue weighted by Crippen LogP contribution is 2.17. The lowest BCUT2D eigenvalue weighted by Gasteiger charge is -2.23. The van der Waals surface area contributed by atoms with Gasteiger partial charge in [-0.2, -0.15) is 0 Å². The molecule has 2 heterocycles. The summed E-state index contributed by atoms with van der Waals surface area (Å²) in [5.41, 5.74) is 7.91. The van der Waals surface area contributed by atoms with E-state index in [0.29, 0.717) is 0 Å². The SMILES string of the molecule is C[C@H](N)c1ccc(N2CCCN(CCO)CC2)cn1. The second-order valence-electron chi connectivity index (χ2n) is 5.14. The molecule has 1 aliphatic rings. The summed E-state index contributed by atoms with van der Waals surface area (Å²) in [7, 11) is 0. The Morgan fingerprint density at radius 2 is 2.16 bits per heavy atom. The molecule has 0 bridgehead atoms. The summed E-state index contributed by atoms with van der Waals surface area (Å²) in [6.07, 6.45) is 3.04. The van der Waals surface area contributed by atoms with E-state index in [2.05, 4.69) is 20.9 Å². The molecule has 0 spiro atoms. The van der Waals surface area contributed by atoms with Gasteiger partial charge < -0.3 is 15.7 Å². The number of nitrogens with two attached hydrogens (primary N) is 1. The normalized spacial score (nSPS) is 19.2. The first-order chi connectivity index (χ1) is 9.20. The number of hydrogen-bond donors (Lipinski definition) is 2. The highest BCUT2D eigenvalue weighted by Gasteiger charge is 2.15. The minimum absolute atomic E-state index is 0.0155. The van der Waals surface area contributed by atoms with Gasteiger partial charge in [0.1, 0.15) is 0 Å². The average molecular weight is 264 g/mol. The highest BCUT2D eigenvalue weighted by molar-refractivity contribution is 5.45. The Morgan fingerprint density at radius 3 is 2.79 bits per heavy atom. The molecule has 0 unspecified atom stereocenters. The van der Waals surface area contributed by atoms with Crippen molar-refractivity contribution < 1.29 is 5.11 Å². The lowest BCUT2D eigenvalue weighted by atomic mass is 10.2. The molecule has 0 aromatic carbocycles. The summed E-state index contributed by atoms with van der Waals surface area (Å²) in [4.78, 5) is 9.08. The first-order valence-electron chi connectivity index (χ1n) is 7.00. The lowest BCUT2D eigenvalue weighted by molar-refractivity contribution is 0.204. The van der Waals surface area contributed by atoms with Crippen molar-refractivity contribution in [3.05, 3.63) is 24.0 Å². The van der Waals surface area contributed by atoms with Gasteiger partial charge in [-0.05, 0) is 32.0 Å². The van der Waals surface area contributed by atoms with Crippen molar-refractivity contribution in [2.45, 2.75) is 19.4 Å². The summed E-state index contributed by atoms with van der Waals surface area (Å²) in [5, 5.41) is 9.00. The molecule has 0 radical (unpaired) electrons. The molecule has 5 heteroatoms. The van der Waals surface area contributed by atoms with Crippen LogP contribution in [0, 0.1) is 0 Å². The Balaban J connectivity index is 1.97. The number of nitrogens with zero attached hydrogens (tertiary/aromatic N) is 3. The van der Waals surface area contributed by atoms with Gasteiger partial charge in [-0.15, -0.1) is 0 Å². The fraction of sp³-hybridized carbons (Fsp3) is 0.643. The van der Waals surface area contributed by atoms with Crippen LogP contribution in [0.4, 0.5) is 5.69 Å². The molecule has 1 atom stereocenters. The molecule has 1 fully saturated rings. The number of rotatable bonds is 4. The van der Waals surface area contributed by atoms with Crippen LogP contribution in [0.2, 0.25) is 0 Å². The maximum atomic E-state index is 9.00. The second kappa shape index (κ2) is 6.84. The van der Waals surface area contributed by atoms with Crippen LogP contribution in [-0.2, 0) is 0 Å². The first kappa shape index (κ1) is 14.2. The van der Waals surface area contributed by atoms with Crippen molar-refractivity contribution in [2.75, 3.05) is 44.2 Å². The molecule has 106 valence electrons. The van der Waals surface area contributed by atoms with Gasteiger partial charge >= 0.3 is 0 Å². The maximum absolute atomic E-state index is 9.00. The van der Waals surface area contributed by atoms with Crippen molar-refractivity contribution in [1.29, 1.82) is 0 Å². The molecule has 1 aromatic heterocycles. The molecular weight excluding hydrogens is 240 g/mol. The Kier molecular flexibility index (Phi) is 5.13. The second-order valence-corrected chi connectivity index (χ2v) is 5.14. The van der Waals surface area contributed by atoms with Crippen LogP contribution in [0.15, 0.2) is 18.3 Å². The molecule has 0 aliphatic carbocycles. The Morgan fingerprint density at radius 1 is 1.32 bits per heavy atom. The van der Waals surface area contributed by atoms with E-state index >= 15 is 0 Å². The molecule has 1 saturated heterocycles. The predicted molar refractivity (Wildman–Crippen MR) is 77.2 cm³/mol. The van der Waals surface area contributed by atoms with E-state index in [1.54, 1.807) is 0 Å². The molecule has 1 aliphatic heterocycles. The zero-order valence-electron chi connectivity index (χ0n) is 11.6. The van der Waals surface area contributed by atoms with Gasteiger partial charge in [-0.25, -0.2) is 0 Å². The number of pyridine rings is 1. The number of aromatic nitrogens is 1. The van der Waals surface area contributed by atoms with Gasteiger partial charge in [0.2, 0.25) is 0 Å². The van der Waals surface area contributed by atoms with Crippen LogP contribution < -0.4 is 10.6 Å². The van der Waals surface area contributed by atoms with Crippen molar-refractivity contribution >= 4 is 5.69 Å². The summed E-state index contributed by atoms with van der Waals surface area (Å²) in [5.74, 6) is 0. The van der Waals surface area contributed by atoms with Crippen molar-refractivity contribution in [2.24, 2.45) is 5.73 Å². The quantitative estimate of drug-likeness (QED) is 0.834. The lowest BCUT2D eigenvalue weighted by Crippen LogP contribution is -2.32. The van der Waals surface area contributed by atoms with Crippen LogP contribution in [0.3, 0.4) is 0 Å². The van der Waals surface area contributed by atoms with E-state index in [-0.39, 0.29) is 12.6 Å². The van der Waals surface area contributed by atoms with Crippen molar-refractivity contribution in [3.8, 4) is 0 Å². The zero-order valence-corrected chi connectivity index (χ0v) is 11.6. The van der Waals surface area contributed by atoms with Crippen LogP contribution in [-0.4, -0.2) is 54.3 Å². The molecule has 2 rings (SSSR count). The van der Waals surface area contributed by atoms with Gasteiger partial charge in [0.15, 0.2) is 0 Å². The van der Waals surface area contributed by atoms with Crippen molar-refractivity contribution in [3.63, 3.8) is 0 Å². The predicted octanol–water partition coefficient (Wildman–Crippen LogP) is 0.606. The van der Waals surface area contributed by atoms with E-state index in [4.69, 9.17) is 10.8 Å². The summed E-state index contributed by atoms with van der Waals surface area (Å²) in [6.45, 7) is 7.04. The third kappa shape index (κ3) is 3.89. The maximum Gasteiger partial charge on any atom is 0.0569 e. The molecule has 0 amide bonds. The minimum Gasteiger partial charge on any atom is -0.395 e. The topological polar surface area (TPSA) is 65.6 Å². The van der Waals surface area contributed by atoms with E-state index < -0.39 is 0 Å². The Bertz CT molecular complexity index is 380. The molecule has 19 heavy (non-hydrogen) atoms. The third-order valence-corrected chi connectivity index (χ3v) is 3.61. The Labute approximate surface area is 115 Å². The van der Waals surface area contributed by atoms with Gasteiger partial charge in [0.25, 0.3) is 0 Å². The molecular formula is C14H24N4O. The number of aliphatic hydroxyl groups excluding tert-OH is 1. The number of aliphatic hydroxyl groups is 1. The van der Waals surface area contributed by atoms with Crippen LogP contribution >= 0.6 is 0 Å². The monoisotopic (exact) mass is 264 g/mol. The summed E-state index contributed by atoms with van der Waals surface area (Å²) < 4.78 is 0. The summed E-state index contributed by atoms with van der Waals surface area (Å²) in [6, 6.07) is 4.10. The van der Waals surface area contributed by atoms with Gasteiger partial charge in [-0.1, -0.05) is 0 Å². The fourth-order valence-electron chi connectivity index (χ4n) is 2.45. The first-order valence-corrected chi connectivity index (χ1v) is 7.00. The number of anilines is 1. The number of hydrogen-bond acceptors (Lipinski definition) is 5. The largest absolute Gasteiger partial charge is 0.395 e. The zero-order chi connectivity index (χ0) is 13.7. The molecule has 1 aromatic rings. The fourth-order valence-corrected chi connectivity index (χ4v) is 2.45. The van der Waals surface area contributed by atoms with E-state index in [1.165, 1.54) is 0 Å². The van der Waals surface area contributed by atoms with Crippen LogP contribution in [0.25, 0.3) is 0 Å². The molecule has 5 nitrogen and oxygen atoms in total. The third-order valence-electron chi connectivity index (χ3n) is 3.61. The standard InChI is InChI=1S/C14H24N4O/c1-12(15)14-4-3-13(11-16-14)18-6-2-5-17(7-8-18)9-10-19/h3-4,11-12,19H,2,5-10,15H2,1H3/t12-/m0/s1. The Hall–Kier alpha value is -1.17. The van der Waals surface area contributed by atoms with E-state index in [1.807, 2.05) is 19.2 Å². The van der Waals surface area contributed by atoms with Gasteiger partial charge in [0.05, 0.1) is 24.2 Å².